The Bertz CT molecular complexity index is 1020. The van der Waals surface area contributed by atoms with E-state index in [1.165, 1.54) is 5.56 Å². The van der Waals surface area contributed by atoms with Gasteiger partial charge in [-0.15, -0.1) is 0 Å². The molecule has 0 radical (unpaired) electrons. The second-order valence-electron chi connectivity index (χ2n) is 6.71. The van der Waals surface area contributed by atoms with Crippen LogP contribution in [0.25, 0.3) is 0 Å². The third-order valence-corrected chi connectivity index (χ3v) is 5.81. The van der Waals surface area contributed by atoms with Gasteiger partial charge in [0.15, 0.2) is 0 Å². The average Bonchev–Trinajstić information content (AvgIpc) is 3.14. The summed E-state index contributed by atoms with van der Waals surface area (Å²) in [6, 6.07) is 24.5. The summed E-state index contributed by atoms with van der Waals surface area (Å²) in [4.78, 5) is 0. The van der Waals surface area contributed by atoms with Gasteiger partial charge in [-0.2, -0.15) is 5.10 Å². The van der Waals surface area contributed by atoms with Crippen LogP contribution in [0, 0.1) is 0 Å². The highest BCUT2D eigenvalue weighted by Crippen LogP contribution is 2.47. The molecule has 3 aromatic rings. The van der Waals surface area contributed by atoms with E-state index in [-0.39, 0.29) is 12.3 Å². The molecule has 5 rings (SSSR count). The smallest absolute Gasteiger partial charge is 0.213 e. The maximum Gasteiger partial charge on any atom is 0.213 e. The third kappa shape index (κ3) is 3.03. The van der Waals surface area contributed by atoms with Crippen LogP contribution >= 0.6 is 27.5 Å². The lowest BCUT2D eigenvalue weighted by molar-refractivity contribution is -0.0190. The molecule has 134 valence electrons. The fraction of sp³-hybridized carbons (Fsp3) is 0.136. The Kier molecular flexibility index (Phi) is 4.18. The quantitative estimate of drug-likeness (QED) is 0.465. The second kappa shape index (κ2) is 6.70. The fourth-order valence-corrected chi connectivity index (χ4v) is 4.09. The van der Waals surface area contributed by atoms with Crippen molar-refractivity contribution in [3.05, 3.63) is 99.0 Å². The normalized spacial score (nSPS) is 20.5. The van der Waals surface area contributed by atoms with Crippen LogP contribution < -0.4 is 4.74 Å². The molecule has 2 atom stereocenters. The molecule has 0 amide bonds. The summed E-state index contributed by atoms with van der Waals surface area (Å²) in [6.07, 6.45) is 0.585. The summed E-state index contributed by atoms with van der Waals surface area (Å²) in [7, 11) is 0. The lowest BCUT2D eigenvalue weighted by Gasteiger charge is -2.38. The molecule has 2 aliphatic rings. The number of hydrogen-bond donors (Lipinski definition) is 0. The third-order valence-electron chi connectivity index (χ3n) is 5.03. The first kappa shape index (κ1) is 16.8. The SMILES string of the molecule is Clc1ccc([C@@H]2Oc3ccccc3[C@@H]3CC(c4ccc(Br)cc4)=NN32)cc1. The Hall–Kier alpha value is -2.30. The van der Waals surface area contributed by atoms with E-state index in [1.807, 2.05) is 36.4 Å². The number of hydrogen-bond acceptors (Lipinski definition) is 3. The van der Waals surface area contributed by atoms with Crippen molar-refractivity contribution in [2.45, 2.75) is 18.7 Å². The molecule has 3 aromatic carbocycles. The molecular weight excluding hydrogens is 424 g/mol. The number of hydrazone groups is 1. The van der Waals surface area contributed by atoms with Crippen molar-refractivity contribution in [2.24, 2.45) is 5.10 Å². The molecule has 0 aliphatic carbocycles. The largest absolute Gasteiger partial charge is 0.464 e. The lowest BCUT2D eigenvalue weighted by atomic mass is 9.96. The fourth-order valence-electron chi connectivity index (χ4n) is 3.70. The molecule has 5 heteroatoms. The molecule has 0 saturated carbocycles. The maximum absolute atomic E-state index is 6.34. The molecule has 0 unspecified atom stereocenters. The van der Waals surface area contributed by atoms with Gasteiger partial charge < -0.3 is 4.74 Å². The van der Waals surface area contributed by atoms with Gasteiger partial charge in [0.05, 0.1) is 11.8 Å². The Balaban J connectivity index is 1.58. The van der Waals surface area contributed by atoms with E-state index in [0.29, 0.717) is 5.02 Å². The predicted octanol–water partition coefficient (Wildman–Crippen LogP) is 6.34. The Morgan fingerprint density at radius 2 is 1.70 bits per heavy atom. The van der Waals surface area contributed by atoms with Gasteiger partial charge in [-0.05, 0) is 35.9 Å². The summed E-state index contributed by atoms with van der Waals surface area (Å²) in [5.74, 6) is 0.922. The van der Waals surface area contributed by atoms with Crippen LogP contribution in [-0.2, 0) is 0 Å². The highest BCUT2D eigenvalue weighted by molar-refractivity contribution is 9.10. The first-order valence-electron chi connectivity index (χ1n) is 8.82. The molecule has 0 saturated heterocycles. The Morgan fingerprint density at radius 1 is 0.963 bits per heavy atom. The zero-order chi connectivity index (χ0) is 18.4. The number of rotatable bonds is 2. The van der Waals surface area contributed by atoms with Crippen molar-refractivity contribution in [1.29, 1.82) is 0 Å². The van der Waals surface area contributed by atoms with Crippen LogP contribution in [0.15, 0.2) is 82.4 Å². The summed E-state index contributed by atoms with van der Waals surface area (Å²) in [5.41, 5.74) is 4.44. The van der Waals surface area contributed by atoms with Crippen molar-refractivity contribution < 1.29 is 4.74 Å². The van der Waals surface area contributed by atoms with E-state index in [1.54, 1.807) is 0 Å². The molecule has 2 aliphatic heterocycles. The lowest BCUT2D eigenvalue weighted by Crippen LogP contribution is -2.33. The van der Waals surface area contributed by atoms with Crippen LogP contribution in [0.3, 0.4) is 0 Å². The number of fused-ring (bicyclic) bond motifs is 3. The van der Waals surface area contributed by atoms with Crippen LogP contribution in [0.2, 0.25) is 5.02 Å². The Labute approximate surface area is 171 Å². The number of nitrogens with zero attached hydrogens (tertiary/aromatic N) is 2. The van der Waals surface area contributed by atoms with Crippen molar-refractivity contribution in [3.8, 4) is 5.75 Å². The minimum Gasteiger partial charge on any atom is -0.464 e. The van der Waals surface area contributed by atoms with Crippen molar-refractivity contribution in [1.82, 2.24) is 5.01 Å². The second-order valence-corrected chi connectivity index (χ2v) is 8.07. The van der Waals surface area contributed by atoms with E-state index in [0.717, 1.165) is 33.5 Å². The Morgan fingerprint density at radius 3 is 2.48 bits per heavy atom. The summed E-state index contributed by atoms with van der Waals surface area (Å²) >= 11 is 9.57. The minimum atomic E-state index is -0.268. The molecule has 0 N–H and O–H groups in total. The molecule has 27 heavy (non-hydrogen) atoms. The maximum atomic E-state index is 6.34. The van der Waals surface area contributed by atoms with Gasteiger partial charge >= 0.3 is 0 Å². The minimum absolute atomic E-state index is 0.161. The monoisotopic (exact) mass is 438 g/mol. The number of benzene rings is 3. The molecule has 0 aromatic heterocycles. The number of ether oxygens (including phenoxy) is 1. The molecule has 0 bridgehead atoms. The summed E-state index contributed by atoms with van der Waals surface area (Å²) in [6.45, 7) is 0. The van der Waals surface area contributed by atoms with E-state index >= 15 is 0 Å². The molecule has 2 heterocycles. The van der Waals surface area contributed by atoms with E-state index < -0.39 is 0 Å². The van der Waals surface area contributed by atoms with E-state index in [4.69, 9.17) is 21.4 Å². The topological polar surface area (TPSA) is 24.8 Å². The van der Waals surface area contributed by atoms with Crippen LogP contribution in [-0.4, -0.2) is 10.7 Å². The predicted molar refractivity (Wildman–Crippen MR) is 111 cm³/mol. The zero-order valence-corrected chi connectivity index (χ0v) is 16.7. The highest BCUT2D eigenvalue weighted by atomic mass is 79.9. The zero-order valence-electron chi connectivity index (χ0n) is 14.3. The van der Waals surface area contributed by atoms with Gasteiger partial charge in [0, 0.05) is 27.0 Å². The van der Waals surface area contributed by atoms with Gasteiger partial charge in [-0.1, -0.05) is 70.0 Å². The van der Waals surface area contributed by atoms with Crippen molar-refractivity contribution in [2.75, 3.05) is 0 Å². The molecular formula is C22H16BrClN2O. The van der Waals surface area contributed by atoms with Gasteiger partial charge in [-0.3, -0.25) is 0 Å². The van der Waals surface area contributed by atoms with Crippen LogP contribution in [0.5, 0.6) is 5.75 Å². The highest BCUT2D eigenvalue weighted by Gasteiger charge is 2.40. The van der Waals surface area contributed by atoms with E-state index in [2.05, 4.69) is 57.3 Å². The average molecular weight is 440 g/mol. The standard InChI is InChI=1S/C22H16BrClN2O/c23-16-9-5-14(6-10-16)19-13-20-18-3-1-2-4-21(18)27-22(26(20)25-19)15-7-11-17(24)12-8-15/h1-12,20,22H,13H2/t20-,22-/m0/s1. The van der Waals surface area contributed by atoms with Crippen LogP contribution in [0.1, 0.15) is 35.4 Å². The van der Waals surface area contributed by atoms with Crippen molar-refractivity contribution in [3.63, 3.8) is 0 Å². The summed E-state index contributed by atoms with van der Waals surface area (Å²) in [5, 5.41) is 7.77. The first-order chi connectivity index (χ1) is 13.2. The number of para-hydroxylation sites is 1. The van der Waals surface area contributed by atoms with E-state index in [9.17, 15) is 0 Å². The van der Waals surface area contributed by atoms with Gasteiger partial charge in [0.2, 0.25) is 6.23 Å². The summed E-state index contributed by atoms with van der Waals surface area (Å²) < 4.78 is 7.41. The number of halogens is 2. The van der Waals surface area contributed by atoms with Crippen molar-refractivity contribution >= 4 is 33.2 Å². The molecule has 0 spiro atoms. The first-order valence-corrected chi connectivity index (χ1v) is 9.99. The molecule has 0 fully saturated rings. The van der Waals surface area contributed by atoms with Gasteiger partial charge in [-0.25, -0.2) is 5.01 Å². The molecule has 3 nitrogen and oxygen atoms in total. The van der Waals surface area contributed by atoms with Gasteiger partial charge in [0.25, 0.3) is 0 Å². The van der Waals surface area contributed by atoms with Crippen LogP contribution in [0.4, 0.5) is 0 Å². The van der Waals surface area contributed by atoms with Gasteiger partial charge in [0.1, 0.15) is 5.75 Å².